The number of halogens is 5. The highest BCUT2D eigenvalue weighted by Gasteiger charge is 2.41. The summed E-state index contributed by atoms with van der Waals surface area (Å²) in [6, 6.07) is -1.59. The maximum absolute atomic E-state index is 13.2. The Kier molecular flexibility index (Phi) is 3.37. The van der Waals surface area contributed by atoms with Crippen molar-refractivity contribution in [3.8, 4) is 5.75 Å². The Morgan fingerprint density at radius 3 is 2.25 bits per heavy atom. The molecule has 0 aromatic heterocycles. The molecule has 0 aliphatic carbocycles. The van der Waals surface area contributed by atoms with Crippen molar-refractivity contribution >= 4 is 0 Å². The highest BCUT2D eigenvalue weighted by molar-refractivity contribution is 5.38. The molecule has 0 aliphatic rings. The van der Waals surface area contributed by atoms with E-state index in [0.717, 1.165) is 7.11 Å². The molecule has 0 saturated carbocycles. The van der Waals surface area contributed by atoms with Gasteiger partial charge in [-0.15, -0.1) is 0 Å². The van der Waals surface area contributed by atoms with Gasteiger partial charge in [0, 0.05) is 12.1 Å². The van der Waals surface area contributed by atoms with Gasteiger partial charge < -0.3 is 10.5 Å². The second-order valence-electron chi connectivity index (χ2n) is 3.02. The summed E-state index contributed by atoms with van der Waals surface area (Å²) in [6.07, 6.45) is -4.83. The highest BCUT2D eigenvalue weighted by atomic mass is 19.4. The molecule has 0 aliphatic heterocycles. The van der Waals surface area contributed by atoms with Gasteiger partial charge in [0.05, 0.1) is 12.7 Å². The van der Waals surface area contributed by atoms with Gasteiger partial charge in [-0.05, 0) is 0 Å². The molecule has 0 amide bonds. The smallest absolute Gasteiger partial charge is 0.407 e. The predicted molar refractivity (Wildman–Crippen MR) is 45.9 cm³/mol. The largest absolute Gasteiger partial charge is 0.496 e. The minimum Gasteiger partial charge on any atom is -0.496 e. The third kappa shape index (κ3) is 2.41. The lowest BCUT2D eigenvalue weighted by atomic mass is 10.1. The fourth-order valence-electron chi connectivity index (χ4n) is 1.20. The van der Waals surface area contributed by atoms with E-state index < -0.39 is 35.2 Å². The fourth-order valence-corrected chi connectivity index (χ4v) is 1.20. The second kappa shape index (κ2) is 4.25. The van der Waals surface area contributed by atoms with E-state index in [1.807, 2.05) is 0 Å². The normalized spacial score (nSPS) is 13.7. The summed E-state index contributed by atoms with van der Waals surface area (Å²) in [5.74, 6) is -2.99. The Balaban J connectivity index is 3.32. The lowest BCUT2D eigenvalue weighted by Crippen LogP contribution is -2.29. The standard InChI is InChI=1S/C9H8F5NO/c1-16-6-3-4(10)2-5(11)7(6)8(15)9(12,13)14/h2-3,8H,15H2,1H3. The molecular weight excluding hydrogens is 233 g/mol. The van der Waals surface area contributed by atoms with Crippen molar-refractivity contribution in [3.63, 3.8) is 0 Å². The number of alkyl halides is 3. The fraction of sp³-hybridized carbons (Fsp3) is 0.333. The van der Waals surface area contributed by atoms with Crippen LogP contribution in [-0.2, 0) is 0 Å². The van der Waals surface area contributed by atoms with E-state index in [0.29, 0.717) is 12.1 Å². The topological polar surface area (TPSA) is 35.2 Å². The van der Waals surface area contributed by atoms with E-state index in [-0.39, 0.29) is 0 Å². The molecule has 0 heterocycles. The number of nitrogens with two attached hydrogens (primary N) is 1. The monoisotopic (exact) mass is 241 g/mol. The molecule has 2 N–H and O–H groups in total. The van der Waals surface area contributed by atoms with Gasteiger partial charge in [-0.25, -0.2) is 8.78 Å². The van der Waals surface area contributed by atoms with Crippen molar-refractivity contribution in [2.45, 2.75) is 12.2 Å². The predicted octanol–water partition coefficient (Wildman–Crippen LogP) is 2.54. The van der Waals surface area contributed by atoms with E-state index in [1.54, 1.807) is 0 Å². The summed E-state index contributed by atoms with van der Waals surface area (Å²) in [5.41, 5.74) is 3.93. The van der Waals surface area contributed by atoms with Gasteiger partial charge >= 0.3 is 6.18 Å². The van der Waals surface area contributed by atoms with E-state index in [4.69, 9.17) is 5.73 Å². The first-order valence-electron chi connectivity index (χ1n) is 4.12. The Labute approximate surface area is 87.8 Å². The van der Waals surface area contributed by atoms with Crippen molar-refractivity contribution in [2.24, 2.45) is 5.73 Å². The van der Waals surface area contributed by atoms with E-state index in [9.17, 15) is 22.0 Å². The van der Waals surface area contributed by atoms with Crippen LogP contribution in [-0.4, -0.2) is 13.3 Å². The molecule has 0 fully saturated rings. The summed E-state index contributed by atoms with van der Waals surface area (Å²) in [7, 11) is 1.00. The van der Waals surface area contributed by atoms with E-state index in [2.05, 4.69) is 4.74 Å². The number of ether oxygens (including phenoxy) is 1. The first-order chi connectivity index (χ1) is 7.27. The minimum absolute atomic E-state index is 0.323. The van der Waals surface area contributed by atoms with Crippen LogP contribution in [0, 0.1) is 11.6 Å². The summed E-state index contributed by atoms with van der Waals surface area (Å²) in [6.45, 7) is 0. The molecule has 16 heavy (non-hydrogen) atoms. The molecule has 0 bridgehead atoms. The lowest BCUT2D eigenvalue weighted by molar-refractivity contribution is -0.150. The molecule has 1 atom stereocenters. The van der Waals surface area contributed by atoms with Gasteiger partial charge in [-0.3, -0.25) is 0 Å². The van der Waals surface area contributed by atoms with Crippen molar-refractivity contribution in [2.75, 3.05) is 7.11 Å². The summed E-state index contributed by atoms with van der Waals surface area (Å²) in [4.78, 5) is 0. The van der Waals surface area contributed by atoms with Crippen LogP contribution in [0.5, 0.6) is 5.75 Å². The first kappa shape index (κ1) is 12.7. The van der Waals surface area contributed by atoms with E-state index >= 15 is 0 Å². The summed E-state index contributed by atoms with van der Waals surface area (Å²) in [5, 5.41) is 0. The van der Waals surface area contributed by atoms with Crippen LogP contribution in [0.1, 0.15) is 11.6 Å². The van der Waals surface area contributed by atoms with Crippen LogP contribution in [0.4, 0.5) is 22.0 Å². The number of methoxy groups -OCH3 is 1. The third-order valence-corrected chi connectivity index (χ3v) is 1.94. The molecule has 0 spiro atoms. The number of hydrogen-bond donors (Lipinski definition) is 1. The van der Waals surface area contributed by atoms with Gasteiger partial charge in [0.2, 0.25) is 0 Å². The summed E-state index contributed by atoms with van der Waals surface area (Å²) >= 11 is 0. The molecule has 1 aromatic carbocycles. The van der Waals surface area contributed by atoms with Crippen molar-refractivity contribution < 1.29 is 26.7 Å². The van der Waals surface area contributed by atoms with Crippen LogP contribution in [0.25, 0.3) is 0 Å². The second-order valence-corrected chi connectivity index (χ2v) is 3.02. The van der Waals surface area contributed by atoms with E-state index in [1.165, 1.54) is 0 Å². The molecule has 1 rings (SSSR count). The Morgan fingerprint density at radius 1 is 1.25 bits per heavy atom. The molecule has 90 valence electrons. The Bertz CT molecular complexity index is 390. The zero-order chi connectivity index (χ0) is 12.5. The molecule has 0 saturated heterocycles. The number of hydrogen-bond acceptors (Lipinski definition) is 2. The van der Waals surface area contributed by atoms with Crippen molar-refractivity contribution in [3.05, 3.63) is 29.3 Å². The summed E-state index contributed by atoms with van der Waals surface area (Å²) < 4.78 is 67.2. The maximum Gasteiger partial charge on any atom is 0.407 e. The molecule has 1 aromatic rings. The lowest BCUT2D eigenvalue weighted by Gasteiger charge is -2.19. The van der Waals surface area contributed by atoms with Gasteiger partial charge in [0.15, 0.2) is 0 Å². The SMILES string of the molecule is COc1cc(F)cc(F)c1C(N)C(F)(F)F. The number of rotatable bonds is 2. The zero-order valence-corrected chi connectivity index (χ0v) is 8.11. The number of benzene rings is 1. The van der Waals surface area contributed by atoms with Crippen LogP contribution in [0.15, 0.2) is 12.1 Å². The van der Waals surface area contributed by atoms with Crippen molar-refractivity contribution in [1.82, 2.24) is 0 Å². The van der Waals surface area contributed by atoms with Crippen LogP contribution in [0.2, 0.25) is 0 Å². The quantitative estimate of drug-likeness (QED) is 0.807. The highest BCUT2D eigenvalue weighted by Crippen LogP contribution is 2.37. The first-order valence-corrected chi connectivity index (χ1v) is 4.12. The van der Waals surface area contributed by atoms with Crippen molar-refractivity contribution in [1.29, 1.82) is 0 Å². The molecule has 2 nitrogen and oxygen atoms in total. The van der Waals surface area contributed by atoms with Gasteiger partial charge in [0.1, 0.15) is 23.4 Å². The van der Waals surface area contributed by atoms with Crippen LogP contribution < -0.4 is 10.5 Å². The Morgan fingerprint density at radius 2 is 1.81 bits per heavy atom. The maximum atomic E-state index is 13.2. The van der Waals surface area contributed by atoms with Gasteiger partial charge in [-0.1, -0.05) is 0 Å². The third-order valence-electron chi connectivity index (χ3n) is 1.94. The molecular formula is C9H8F5NO. The van der Waals surface area contributed by atoms with Gasteiger partial charge in [0.25, 0.3) is 0 Å². The Hall–Kier alpha value is -1.37. The molecule has 7 heteroatoms. The van der Waals surface area contributed by atoms with Crippen LogP contribution in [0.3, 0.4) is 0 Å². The average Bonchev–Trinajstić information content (AvgIpc) is 2.14. The zero-order valence-electron chi connectivity index (χ0n) is 8.11. The van der Waals surface area contributed by atoms with Gasteiger partial charge in [-0.2, -0.15) is 13.2 Å². The molecule has 0 radical (unpaired) electrons. The molecule has 1 unspecified atom stereocenters. The minimum atomic E-state index is -4.83. The van der Waals surface area contributed by atoms with Crippen LogP contribution >= 0.6 is 0 Å². The average molecular weight is 241 g/mol.